The van der Waals surface area contributed by atoms with Crippen molar-refractivity contribution < 1.29 is 18.1 Å². The summed E-state index contributed by atoms with van der Waals surface area (Å²) in [6.07, 6.45) is 6.62. The number of nitro benzene ring substituents is 1. The average Bonchev–Trinajstić information content (AvgIpc) is 2.69. The Labute approximate surface area is 163 Å². The van der Waals surface area contributed by atoms with Gasteiger partial charge in [0, 0.05) is 18.2 Å². The number of para-hydroxylation sites is 2. The van der Waals surface area contributed by atoms with Gasteiger partial charge >= 0.3 is 0 Å². The van der Waals surface area contributed by atoms with E-state index in [0.717, 1.165) is 25.3 Å². The van der Waals surface area contributed by atoms with E-state index in [9.17, 15) is 18.5 Å². The van der Waals surface area contributed by atoms with E-state index in [2.05, 4.69) is 16.1 Å². The zero-order valence-electron chi connectivity index (χ0n) is 15.3. The molecular formula is C19H21N3O5S. The fraction of sp³-hybridized carbons (Fsp3) is 0.263. The largest absolute Gasteiger partial charge is 0.495 e. The Morgan fingerprint density at radius 2 is 1.93 bits per heavy atom. The second-order valence-electron chi connectivity index (χ2n) is 6.37. The number of nitro groups is 1. The smallest absolute Gasteiger partial charge is 0.270 e. The Balaban J connectivity index is 1.99. The molecule has 0 radical (unpaired) electrons. The van der Waals surface area contributed by atoms with Gasteiger partial charge in [-0.15, -0.1) is 0 Å². The molecule has 3 rings (SSSR count). The molecule has 0 aromatic heterocycles. The summed E-state index contributed by atoms with van der Waals surface area (Å²) in [4.78, 5) is 10.4. The highest BCUT2D eigenvalue weighted by molar-refractivity contribution is 7.93. The lowest BCUT2D eigenvalue weighted by Gasteiger charge is -2.22. The van der Waals surface area contributed by atoms with Crippen LogP contribution in [0.15, 0.2) is 59.5 Å². The molecule has 9 heteroatoms. The van der Waals surface area contributed by atoms with Gasteiger partial charge in [-0.2, -0.15) is 0 Å². The summed E-state index contributed by atoms with van der Waals surface area (Å²) in [6.45, 7) is 0. The maximum Gasteiger partial charge on any atom is 0.270 e. The van der Waals surface area contributed by atoms with Crippen molar-refractivity contribution in [2.24, 2.45) is 0 Å². The summed E-state index contributed by atoms with van der Waals surface area (Å²) in [7, 11) is -2.66. The molecule has 28 heavy (non-hydrogen) atoms. The molecule has 0 spiro atoms. The minimum Gasteiger partial charge on any atom is -0.495 e. The van der Waals surface area contributed by atoms with E-state index in [1.807, 2.05) is 6.08 Å². The van der Waals surface area contributed by atoms with E-state index in [1.165, 1.54) is 19.2 Å². The van der Waals surface area contributed by atoms with Crippen molar-refractivity contribution in [1.29, 1.82) is 0 Å². The van der Waals surface area contributed by atoms with Gasteiger partial charge in [-0.3, -0.25) is 14.8 Å². The molecule has 2 aromatic rings. The van der Waals surface area contributed by atoms with Crippen molar-refractivity contribution in [2.75, 3.05) is 17.1 Å². The van der Waals surface area contributed by atoms with Crippen molar-refractivity contribution in [1.82, 2.24) is 0 Å². The third-order valence-corrected chi connectivity index (χ3v) is 5.85. The van der Waals surface area contributed by atoms with Crippen LogP contribution in [0.25, 0.3) is 0 Å². The summed E-state index contributed by atoms with van der Waals surface area (Å²) >= 11 is 0. The van der Waals surface area contributed by atoms with E-state index in [1.54, 1.807) is 24.3 Å². The predicted octanol–water partition coefficient (Wildman–Crippen LogP) is 3.92. The van der Waals surface area contributed by atoms with E-state index in [0.29, 0.717) is 11.4 Å². The number of non-ortho nitro benzene ring substituents is 1. The lowest BCUT2D eigenvalue weighted by molar-refractivity contribution is -0.385. The van der Waals surface area contributed by atoms with Crippen LogP contribution in [0.4, 0.5) is 17.1 Å². The number of methoxy groups -OCH3 is 1. The molecule has 1 atom stereocenters. The molecule has 1 unspecified atom stereocenters. The topological polar surface area (TPSA) is 111 Å². The van der Waals surface area contributed by atoms with E-state index < -0.39 is 14.9 Å². The highest BCUT2D eigenvalue weighted by Crippen LogP contribution is 2.32. The normalized spacial score (nSPS) is 16.4. The Morgan fingerprint density at radius 3 is 2.61 bits per heavy atom. The van der Waals surface area contributed by atoms with Crippen molar-refractivity contribution in [3.05, 3.63) is 64.7 Å². The number of hydrogen-bond acceptors (Lipinski definition) is 6. The third-order valence-electron chi connectivity index (χ3n) is 4.45. The van der Waals surface area contributed by atoms with E-state index in [-0.39, 0.29) is 22.3 Å². The van der Waals surface area contributed by atoms with E-state index in [4.69, 9.17) is 4.74 Å². The molecule has 1 aliphatic rings. The Bertz CT molecular complexity index is 1000. The molecule has 8 nitrogen and oxygen atoms in total. The van der Waals surface area contributed by atoms with Gasteiger partial charge in [-0.1, -0.05) is 24.3 Å². The number of rotatable bonds is 7. The summed E-state index contributed by atoms with van der Waals surface area (Å²) in [5, 5.41) is 14.4. The van der Waals surface area contributed by atoms with Crippen molar-refractivity contribution >= 4 is 27.1 Å². The monoisotopic (exact) mass is 403 g/mol. The molecule has 148 valence electrons. The van der Waals surface area contributed by atoms with E-state index >= 15 is 0 Å². The summed E-state index contributed by atoms with van der Waals surface area (Å²) < 4.78 is 33.8. The summed E-state index contributed by atoms with van der Waals surface area (Å²) in [5.74, 6) is 0.350. The molecule has 0 aliphatic heterocycles. The first-order chi connectivity index (χ1) is 13.4. The zero-order valence-corrected chi connectivity index (χ0v) is 16.1. The highest BCUT2D eigenvalue weighted by atomic mass is 32.2. The minimum atomic E-state index is -4.10. The van der Waals surface area contributed by atoms with Crippen molar-refractivity contribution in [3.8, 4) is 5.75 Å². The van der Waals surface area contributed by atoms with Crippen LogP contribution in [-0.4, -0.2) is 26.5 Å². The standard InChI is InChI=1S/C19H21N3O5S/c1-27-18-10-6-5-9-16(18)21-28(25,26)19-13-15(22(23)24)11-12-17(19)20-14-7-3-2-4-8-14/h2-3,5-6,9-14,20-21H,4,7-8H2,1H3. The molecular weight excluding hydrogens is 382 g/mol. The first-order valence-corrected chi connectivity index (χ1v) is 10.2. The molecule has 0 saturated heterocycles. The number of nitrogens with zero attached hydrogens (tertiary/aromatic N) is 1. The van der Waals surface area contributed by atoms with Crippen LogP contribution in [0, 0.1) is 10.1 Å². The Morgan fingerprint density at radius 1 is 1.14 bits per heavy atom. The summed E-state index contributed by atoms with van der Waals surface area (Å²) in [5.41, 5.74) is 0.283. The van der Waals surface area contributed by atoms with Gasteiger partial charge < -0.3 is 10.1 Å². The molecule has 0 saturated carbocycles. The molecule has 2 N–H and O–H groups in total. The highest BCUT2D eigenvalue weighted by Gasteiger charge is 2.25. The molecule has 0 bridgehead atoms. The fourth-order valence-corrected chi connectivity index (χ4v) is 4.30. The van der Waals surface area contributed by atoms with Crippen molar-refractivity contribution in [2.45, 2.75) is 30.2 Å². The predicted molar refractivity (Wildman–Crippen MR) is 107 cm³/mol. The van der Waals surface area contributed by atoms with Crippen molar-refractivity contribution in [3.63, 3.8) is 0 Å². The van der Waals surface area contributed by atoms with Crippen LogP contribution < -0.4 is 14.8 Å². The maximum absolute atomic E-state index is 13.1. The molecule has 1 aliphatic carbocycles. The average molecular weight is 403 g/mol. The van der Waals surface area contributed by atoms with Crippen LogP contribution in [-0.2, 0) is 10.0 Å². The number of allylic oxidation sites excluding steroid dienone is 1. The molecule has 0 fully saturated rings. The van der Waals surface area contributed by atoms with Gasteiger partial charge in [0.25, 0.3) is 15.7 Å². The second kappa shape index (κ2) is 8.30. The van der Waals surface area contributed by atoms with Crippen LogP contribution >= 0.6 is 0 Å². The zero-order chi connectivity index (χ0) is 20.1. The molecule has 0 amide bonds. The number of benzene rings is 2. The van der Waals surface area contributed by atoms with Crippen LogP contribution in [0.3, 0.4) is 0 Å². The SMILES string of the molecule is COc1ccccc1NS(=O)(=O)c1cc([N+](=O)[O-])ccc1NC1CC=CCC1. The number of ether oxygens (including phenoxy) is 1. The molecule has 2 aromatic carbocycles. The van der Waals surface area contributed by atoms with Gasteiger partial charge in [0.05, 0.1) is 23.4 Å². The van der Waals surface area contributed by atoms with Gasteiger partial charge in [-0.25, -0.2) is 8.42 Å². The maximum atomic E-state index is 13.1. The first-order valence-electron chi connectivity index (χ1n) is 8.76. The lowest BCUT2D eigenvalue weighted by Crippen LogP contribution is -2.23. The Hall–Kier alpha value is -3.07. The van der Waals surface area contributed by atoms with Gasteiger partial charge in [0.2, 0.25) is 0 Å². The minimum absolute atomic E-state index is 0.0617. The quantitative estimate of drug-likeness (QED) is 0.412. The summed E-state index contributed by atoms with van der Waals surface area (Å²) in [6, 6.07) is 10.4. The number of sulfonamides is 1. The van der Waals surface area contributed by atoms with Gasteiger partial charge in [0.1, 0.15) is 10.6 Å². The lowest BCUT2D eigenvalue weighted by atomic mass is 10.0. The van der Waals surface area contributed by atoms with Crippen LogP contribution in [0.1, 0.15) is 19.3 Å². The van der Waals surface area contributed by atoms with Crippen LogP contribution in [0.2, 0.25) is 0 Å². The second-order valence-corrected chi connectivity index (χ2v) is 8.02. The Kier molecular flexibility index (Phi) is 5.84. The van der Waals surface area contributed by atoms with Gasteiger partial charge in [-0.05, 0) is 37.5 Å². The molecule has 0 heterocycles. The third kappa shape index (κ3) is 4.42. The van der Waals surface area contributed by atoms with Crippen LogP contribution in [0.5, 0.6) is 5.75 Å². The number of nitrogens with one attached hydrogen (secondary N) is 2. The number of anilines is 2. The number of hydrogen-bond donors (Lipinski definition) is 2. The first kappa shape index (κ1) is 19.7. The van der Waals surface area contributed by atoms with Gasteiger partial charge in [0.15, 0.2) is 0 Å². The fourth-order valence-electron chi connectivity index (χ4n) is 3.04.